The van der Waals surface area contributed by atoms with E-state index in [9.17, 15) is 23.2 Å². The lowest BCUT2D eigenvalue weighted by Gasteiger charge is -2.39. The number of hydrogen-bond donors (Lipinski definition) is 1. The molecule has 8 heteroatoms. The van der Waals surface area contributed by atoms with Crippen LogP contribution in [0.5, 0.6) is 0 Å². The van der Waals surface area contributed by atoms with Gasteiger partial charge in [-0.2, -0.15) is 4.39 Å². The maximum atomic E-state index is 13.8. The molecular weight excluding hydrogens is 262 g/mol. The van der Waals surface area contributed by atoms with Crippen molar-refractivity contribution in [2.24, 2.45) is 5.92 Å². The van der Waals surface area contributed by atoms with Gasteiger partial charge in [0.15, 0.2) is 0 Å². The number of aromatic amines is 1. The summed E-state index contributed by atoms with van der Waals surface area (Å²) in [6.45, 7) is 1.14. The van der Waals surface area contributed by atoms with Gasteiger partial charge in [0.2, 0.25) is 5.82 Å². The molecule has 3 atom stereocenters. The number of rotatable bonds is 3. The maximum absolute atomic E-state index is 13.8. The number of nitrogens with one attached hydrogen (secondary N) is 1. The summed E-state index contributed by atoms with van der Waals surface area (Å²) >= 11 is 0. The number of alkyl halides is 1. The average Bonchev–Trinajstić information content (AvgIpc) is 2.33. The second-order valence-corrected chi connectivity index (χ2v) is 4.45. The third kappa shape index (κ3) is 2.56. The number of ether oxygens (including phenoxy) is 1. The first-order chi connectivity index (χ1) is 8.90. The Hall–Kier alpha value is -1.99. The molecule has 1 aromatic rings. The summed E-state index contributed by atoms with van der Waals surface area (Å²) in [4.78, 5) is 34.6. The summed E-state index contributed by atoms with van der Waals surface area (Å²) in [5.41, 5.74) is -1.99. The Bertz CT molecular complexity index is 609. The second kappa shape index (κ2) is 4.94. The Morgan fingerprint density at radius 2 is 2.26 bits per heavy atom. The van der Waals surface area contributed by atoms with Gasteiger partial charge in [0.1, 0.15) is 6.17 Å². The van der Waals surface area contributed by atoms with Crippen LogP contribution in [0.15, 0.2) is 15.8 Å². The number of aromatic nitrogens is 2. The van der Waals surface area contributed by atoms with Gasteiger partial charge in [0.25, 0.3) is 5.56 Å². The number of halogens is 2. The quantitative estimate of drug-likeness (QED) is 0.795. The van der Waals surface area contributed by atoms with Crippen LogP contribution in [-0.2, 0) is 9.53 Å². The summed E-state index contributed by atoms with van der Waals surface area (Å²) in [5, 5.41) is 0. The van der Waals surface area contributed by atoms with Crippen molar-refractivity contribution in [2.75, 3.05) is 6.61 Å². The molecule has 1 unspecified atom stereocenters. The smallest absolute Gasteiger partial charge is 0.328 e. The van der Waals surface area contributed by atoms with Crippen molar-refractivity contribution >= 4 is 5.97 Å². The number of esters is 1. The molecule has 1 aliphatic rings. The molecule has 1 aliphatic carbocycles. The zero-order valence-corrected chi connectivity index (χ0v) is 10.1. The highest BCUT2D eigenvalue weighted by Crippen LogP contribution is 2.40. The van der Waals surface area contributed by atoms with Gasteiger partial charge in [0.05, 0.1) is 18.8 Å². The summed E-state index contributed by atoms with van der Waals surface area (Å²) in [6.07, 6.45) is -0.498. The molecule has 1 fully saturated rings. The van der Waals surface area contributed by atoms with E-state index >= 15 is 0 Å². The fraction of sp³-hybridized carbons (Fsp3) is 0.545. The first-order valence-corrected chi connectivity index (χ1v) is 5.68. The summed E-state index contributed by atoms with van der Waals surface area (Å²) in [7, 11) is 0. The monoisotopic (exact) mass is 274 g/mol. The van der Waals surface area contributed by atoms with E-state index in [2.05, 4.69) is 4.74 Å². The van der Waals surface area contributed by atoms with Crippen molar-refractivity contribution < 1.29 is 18.3 Å². The predicted molar refractivity (Wildman–Crippen MR) is 60.0 cm³/mol. The number of carbonyl (C=O) groups excluding carboxylic acids is 1. The molecular formula is C11H12F2N2O4. The number of H-pyrrole nitrogens is 1. The van der Waals surface area contributed by atoms with E-state index in [0.717, 1.165) is 4.57 Å². The Kier molecular flexibility index (Phi) is 3.50. The molecule has 1 heterocycles. The number of carbonyl (C=O) groups is 1. The van der Waals surface area contributed by atoms with Crippen LogP contribution >= 0.6 is 0 Å². The van der Waals surface area contributed by atoms with Crippen LogP contribution in [0, 0.1) is 11.7 Å². The van der Waals surface area contributed by atoms with Gasteiger partial charge in [-0.15, -0.1) is 0 Å². The normalized spacial score (nSPS) is 25.7. The molecule has 0 saturated heterocycles. The lowest BCUT2D eigenvalue weighted by Crippen LogP contribution is -2.47. The predicted octanol–water partition coefficient (Wildman–Crippen LogP) is 0.138. The van der Waals surface area contributed by atoms with Gasteiger partial charge in [-0.3, -0.25) is 19.1 Å². The Morgan fingerprint density at radius 1 is 1.58 bits per heavy atom. The third-order valence-electron chi connectivity index (χ3n) is 3.14. The fourth-order valence-corrected chi connectivity index (χ4v) is 2.05. The van der Waals surface area contributed by atoms with Gasteiger partial charge in [-0.05, 0) is 6.42 Å². The minimum absolute atomic E-state index is 0.0758. The second-order valence-electron chi connectivity index (χ2n) is 4.45. The van der Waals surface area contributed by atoms with Crippen molar-refractivity contribution in [3.8, 4) is 0 Å². The molecule has 0 amide bonds. The Balaban J connectivity index is 2.10. The minimum Gasteiger partial charge on any atom is -0.465 e. The van der Waals surface area contributed by atoms with Crippen LogP contribution in [0.25, 0.3) is 0 Å². The van der Waals surface area contributed by atoms with Crippen LogP contribution in [0.3, 0.4) is 0 Å². The summed E-state index contributed by atoms with van der Waals surface area (Å²) in [5.74, 6) is -2.17. The summed E-state index contributed by atoms with van der Waals surface area (Å²) in [6, 6.07) is -0.848. The number of nitrogens with zero attached hydrogens (tertiary/aromatic N) is 1. The van der Waals surface area contributed by atoms with Crippen molar-refractivity contribution in [3.63, 3.8) is 0 Å². The highest BCUT2D eigenvalue weighted by atomic mass is 19.1. The Morgan fingerprint density at radius 3 is 2.84 bits per heavy atom. The zero-order chi connectivity index (χ0) is 14.2. The van der Waals surface area contributed by atoms with Crippen molar-refractivity contribution in [3.05, 3.63) is 32.9 Å². The fourth-order valence-electron chi connectivity index (χ4n) is 2.05. The Labute approximate surface area is 106 Å². The van der Waals surface area contributed by atoms with Crippen LogP contribution in [0.1, 0.15) is 19.4 Å². The van der Waals surface area contributed by atoms with Crippen LogP contribution in [-0.4, -0.2) is 28.3 Å². The molecule has 0 spiro atoms. The molecule has 0 radical (unpaired) electrons. The molecule has 1 saturated carbocycles. The van der Waals surface area contributed by atoms with E-state index in [4.69, 9.17) is 0 Å². The summed E-state index contributed by atoms with van der Waals surface area (Å²) < 4.78 is 32.4. The van der Waals surface area contributed by atoms with Crippen molar-refractivity contribution in [1.82, 2.24) is 9.55 Å². The molecule has 0 bridgehead atoms. The standard InChI is InChI=1S/C11H12F2N2O4/c1-5(16)19-4-6-2-8(9(6)13)15-3-7(12)10(17)14-11(15)18/h3,6,8-9H,2,4H2,1H3,(H,14,17,18)/t6-,8-,9?/m1/s1. The van der Waals surface area contributed by atoms with Gasteiger partial charge in [-0.25, -0.2) is 9.18 Å². The molecule has 0 aromatic carbocycles. The maximum Gasteiger partial charge on any atom is 0.328 e. The first kappa shape index (κ1) is 13.4. The van der Waals surface area contributed by atoms with Crippen LogP contribution < -0.4 is 11.2 Å². The van der Waals surface area contributed by atoms with E-state index in [0.29, 0.717) is 6.20 Å². The number of hydrogen-bond acceptors (Lipinski definition) is 4. The van der Waals surface area contributed by atoms with Crippen molar-refractivity contribution in [1.29, 1.82) is 0 Å². The molecule has 0 aliphatic heterocycles. The van der Waals surface area contributed by atoms with E-state index < -0.39 is 41.2 Å². The van der Waals surface area contributed by atoms with Crippen LogP contribution in [0.4, 0.5) is 8.78 Å². The molecule has 1 aromatic heterocycles. The van der Waals surface area contributed by atoms with E-state index in [1.165, 1.54) is 6.92 Å². The van der Waals surface area contributed by atoms with E-state index in [-0.39, 0.29) is 13.0 Å². The van der Waals surface area contributed by atoms with E-state index in [1.807, 2.05) is 0 Å². The van der Waals surface area contributed by atoms with Gasteiger partial charge in [0, 0.05) is 12.8 Å². The molecule has 19 heavy (non-hydrogen) atoms. The minimum atomic E-state index is -1.43. The lowest BCUT2D eigenvalue weighted by atomic mass is 9.78. The highest BCUT2D eigenvalue weighted by molar-refractivity contribution is 5.65. The van der Waals surface area contributed by atoms with Gasteiger partial charge < -0.3 is 4.74 Å². The molecule has 1 N–H and O–H groups in total. The highest BCUT2D eigenvalue weighted by Gasteiger charge is 2.43. The SMILES string of the molecule is CC(=O)OC[C@H]1C[C@@H](n2cc(F)c(=O)[nH]c2=O)C1F. The zero-order valence-electron chi connectivity index (χ0n) is 10.1. The lowest BCUT2D eigenvalue weighted by molar-refractivity contribution is -0.145. The average molecular weight is 274 g/mol. The van der Waals surface area contributed by atoms with Gasteiger partial charge >= 0.3 is 11.7 Å². The molecule has 6 nitrogen and oxygen atoms in total. The molecule has 2 rings (SSSR count). The topological polar surface area (TPSA) is 81.2 Å². The van der Waals surface area contributed by atoms with E-state index in [1.54, 1.807) is 4.98 Å². The first-order valence-electron chi connectivity index (χ1n) is 5.68. The largest absolute Gasteiger partial charge is 0.465 e. The van der Waals surface area contributed by atoms with Gasteiger partial charge in [-0.1, -0.05) is 0 Å². The molecule has 104 valence electrons. The third-order valence-corrected chi connectivity index (χ3v) is 3.14. The van der Waals surface area contributed by atoms with Crippen LogP contribution in [0.2, 0.25) is 0 Å². The van der Waals surface area contributed by atoms with Crippen molar-refractivity contribution in [2.45, 2.75) is 25.6 Å².